The quantitative estimate of drug-likeness (QED) is 0.597. The SMILES string of the molecule is COc1ccc(S(=O)(=O)NC(C)(C)C(C)O)c([N+](=O)[O-])c1. The Balaban J connectivity index is 3.35. The van der Waals surface area contributed by atoms with Crippen molar-refractivity contribution in [2.75, 3.05) is 7.11 Å². The fraction of sp³-hybridized carbons (Fsp3) is 0.500. The summed E-state index contributed by atoms with van der Waals surface area (Å²) in [6, 6.07) is 3.44. The van der Waals surface area contributed by atoms with E-state index in [2.05, 4.69) is 4.72 Å². The molecule has 1 aromatic carbocycles. The van der Waals surface area contributed by atoms with Crippen molar-refractivity contribution in [3.63, 3.8) is 0 Å². The maximum absolute atomic E-state index is 12.3. The van der Waals surface area contributed by atoms with E-state index in [4.69, 9.17) is 4.74 Å². The van der Waals surface area contributed by atoms with Crippen LogP contribution in [0.25, 0.3) is 0 Å². The van der Waals surface area contributed by atoms with E-state index in [0.29, 0.717) is 0 Å². The Kier molecular flexibility index (Phi) is 4.92. The van der Waals surface area contributed by atoms with E-state index in [0.717, 1.165) is 12.1 Å². The molecule has 21 heavy (non-hydrogen) atoms. The predicted octanol–water partition coefficient (Wildman–Crippen LogP) is 1.04. The number of hydrogen-bond donors (Lipinski definition) is 2. The molecule has 0 fully saturated rings. The van der Waals surface area contributed by atoms with E-state index in [9.17, 15) is 23.6 Å². The highest BCUT2D eigenvalue weighted by Gasteiger charge is 2.34. The smallest absolute Gasteiger partial charge is 0.293 e. The number of rotatable bonds is 6. The van der Waals surface area contributed by atoms with Crippen molar-refractivity contribution in [1.82, 2.24) is 4.72 Å². The van der Waals surface area contributed by atoms with Gasteiger partial charge in [-0.2, -0.15) is 0 Å². The number of nitrogens with zero attached hydrogens (tertiary/aromatic N) is 1. The molecular weight excluding hydrogens is 300 g/mol. The molecule has 0 amide bonds. The topological polar surface area (TPSA) is 119 Å². The zero-order valence-corrected chi connectivity index (χ0v) is 13.0. The van der Waals surface area contributed by atoms with Crippen LogP contribution in [0.5, 0.6) is 5.75 Å². The molecule has 1 aromatic rings. The molecule has 0 spiro atoms. The minimum atomic E-state index is -4.17. The molecule has 0 aliphatic rings. The summed E-state index contributed by atoms with van der Waals surface area (Å²) in [6.07, 6.45) is -0.982. The lowest BCUT2D eigenvalue weighted by Gasteiger charge is -2.28. The van der Waals surface area contributed by atoms with Crippen LogP contribution in [0.1, 0.15) is 20.8 Å². The third-order valence-corrected chi connectivity index (χ3v) is 4.81. The first-order chi connectivity index (χ1) is 9.51. The molecule has 1 unspecified atom stereocenters. The van der Waals surface area contributed by atoms with Crippen molar-refractivity contribution in [2.45, 2.75) is 37.3 Å². The Morgan fingerprint density at radius 3 is 2.43 bits per heavy atom. The van der Waals surface area contributed by atoms with Crippen molar-refractivity contribution in [3.8, 4) is 5.75 Å². The Morgan fingerprint density at radius 2 is 2.00 bits per heavy atom. The number of aliphatic hydroxyl groups excluding tert-OH is 1. The van der Waals surface area contributed by atoms with Crippen molar-refractivity contribution in [1.29, 1.82) is 0 Å². The van der Waals surface area contributed by atoms with E-state index in [1.165, 1.54) is 33.9 Å². The minimum absolute atomic E-state index is 0.176. The molecule has 1 atom stereocenters. The first-order valence-corrected chi connectivity index (χ1v) is 7.54. The Bertz CT molecular complexity index is 639. The van der Waals surface area contributed by atoms with Crippen molar-refractivity contribution in [3.05, 3.63) is 28.3 Å². The maximum atomic E-state index is 12.3. The lowest BCUT2D eigenvalue weighted by molar-refractivity contribution is -0.387. The van der Waals surface area contributed by atoms with Gasteiger partial charge in [-0.25, -0.2) is 13.1 Å². The number of methoxy groups -OCH3 is 1. The summed E-state index contributed by atoms with van der Waals surface area (Å²) in [7, 11) is -2.85. The van der Waals surface area contributed by atoms with Crippen molar-refractivity contribution in [2.24, 2.45) is 0 Å². The molecule has 9 heteroatoms. The molecule has 8 nitrogen and oxygen atoms in total. The van der Waals surface area contributed by atoms with Gasteiger partial charge in [-0.15, -0.1) is 0 Å². The average Bonchev–Trinajstić information content (AvgIpc) is 2.36. The summed E-state index contributed by atoms with van der Waals surface area (Å²) < 4.78 is 31.7. The summed E-state index contributed by atoms with van der Waals surface area (Å²) in [5.74, 6) is 0.176. The number of sulfonamides is 1. The molecule has 0 aromatic heterocycles. The molecule has 1 rings (SSSR count). The highest BCUT2D eigenvalue weighted by molar-refractivity contribution is 7.89. The lowest BCUT2D eigenvalue weighted by atomic mass is 10.0. The molecule has 0 radical (unpaired) electrons. The first-order valence-electron chi connectivity index (χ1n) is 6.05. The number of hydrogen-bond acceptors (Lipinski definition) is 6. The Labute approximate surface area is 122 Å². The van der Waals surface area contributed by atoms with Gasteiger partial charge >= 0.3 is 0 Å². The molecule has 2 N–H and O–H groups in total. The summed E-state index contributed by atoms with van der Waals surface area (Å²) in [5, 5.41) is 20.6. The number of nitro benzene ring substituents is 1. The van der Waals surface area contributed by atoms with Gasteiger partial charge in [-0.3, -0.25) is 10.1 Å². The van der Waals surface area contributed by atoms with Crippen LogP contribution in [0.4, 0.5) is 5.69 Å². The molecule has 118 valence electrons. The zero-order valence-electron chi connectivity index (χ0n) is 12.2. The molecule has 0 heterocycles. The van der Waals surface area contributed by atoms with Gasteiger partial charge in [0.15, 0.2) is 4.90 Å². The average molecular weight is 318 g/mol. The van der Waals surface area contributed by atoms with Crippen molar-refractivity contribution < 1.29 is 23.2 Å². The van der Waals surface area contributed by atoms with Gasteiger partial charge in [-0.05, 0) is 32.9 Å². The van der Waals surface area contributed by atoms with Gasteiger partial charge in [0.25, 0.3) is 5.69 Å². The summed E-state index contributed by atoms with van der Waals surface area (Å²) in [6.45, 7) is 4.38. The standard InChI is InChI=1S/C12H18N2O6S/c1-8(15)12(2,3)13-21(18,19)11-6-5-9(20-4)7-10(11)14(16)17/h5-8,13,15H,1-4H3. The minimum Gasteiger partial charge on any atom is -0.497 e. The highest BCUT2D eigenvalue weighted by atomic mass is 32.2. The maximum Gasteiger partial charge on any atom is 0.293 e. The van der Waals surface area contributed by atoms with E-state index in [1.54, 1.807) is 0 Å². The number of nitro groups is 1. The molecule has 0 aliphatic heterocycles. The van der Waals surface area contributed by atoms with E-state index >= 15 is 0 Å². The highest BCUT2D eigenvalue weighted by Crippen LogP contribution is 2.29. The van der Waals surface area contributed by atoms with E-state index in [1.807, 2.05) is 0 Å². The third-order valence-electron chi connectivity index (χ3n) is 3.09. The van der Waals surface area contributed by atoms with Gasteiger partial charge in [0, 0.05) is 0 Å². The monoisotopic (exact) mass is 318 g/mol. The van der Waals surface area contributed by atoms with Crippen LogP contribution in [-0.4, -0.2) is 37.2 Å². The number of benzene rings is 1. The van der Waals surface area contributed by atoms with Crippen LogP contribution in [0.2, 0.25) is 0 Å². The number of ether oxygens (including phenoxy) is 1. The lowest BCUT2D eigenvalue weighted by Crippen LogP contribution is -2.50. The molecule has 0 aliphatic carbocycles. The predicted molar refractivity (Wildman–Crippen MR) is 75.7 cm³/mol. The summed E-state index contributed by atoms with van der Waals surface area (Å²) in [5.41, 5.74) is -1.77. The van der Waals surface area contributed by atoms with Crippen LogP contribution in [-0.2, 0) is 10.0 Å². The Hall–Kier alpha value is -1.71. The largest absolute Gasteiger partial charge is 0.497 e. The second-order valence-corrected chi connectivity index (χ2v) is 6.74. The number of aliphatic hydroxyl groups is 1. The van der Waals surface area contributed by atoms with Crippen LogP contribution in [0, 0.1) is 10.1 Å². The fourth-order valence-electron chi connectivity index (χ4n) is 1.48. The van der Waals surface area contributed by atoms with Gasteiger partial charge in [0.1, 0.15) is 5.75 Å². The zero-order chi connectivity index (χ0) is 16.4. The summed E-state index contributed by atoms with van der Waals surface area (Å²) in [4.78, 5) is 9.76. The first kappa shape index (κ1) is 17.3. The summed E-state index contributed by atoms with van der Waals surface area (Å²) >= 11 is 0. The molecule has 0 bridgehead atoms. The molecule has 0 saturated heterocycles. The van der Waals surface area contributed by atoms with Crippen LogP contribution in [0.15, 0.2) is 23.1 Å². The fourth-order valence-corrected chi connectivity index (χ4v) is 3.11. The van der Waals surface area contributed by atoms with Crippen LogP contribution >= 0.6 is 0 Å². The Morgan fingerprint density at radius 1 is 1.43 bits per heavy atom. The normalized spacial score (nSPS) is 13.8. The second-order valence-electron chi connectivity index (χ2n) is 5.09. The van der Waals surface area contributed by atoms with E-state index in [-0.39, 0.29) is 5.75 Å². The molecule has 0 saturated carbocycles. The van der Waals surface area contributed by atoms with Gasteiger partial charge in [0.2, 0.25) is 10.0 Å². The van der Waals surface area contributed by atoms with Gasteiger partial charge < -0.3 is 9.84 Å². The van der Waals surface area contributed by atoms with Crippen LogP contribution in [0.3, 0.4) is 0 Å². The van der Waals surface area contributed by atoms with E-state index < -0.39 is 37.2 Å². The number of nitrogens with one attached hydrogen (secondary N) is 1. The second kappa shape index (κ2) is 5.96. The van der Waals surface area contributed by atoms with Gasteiger partial charge in [0.05, 0.1) is 29.7 Å². The molecular formula is C12H18N2O6S. The van der Waals surface area contributed by atoms with Crippen molar-refractivity contribution >= 4 is 15.7 Å². The third kappa shape index (κ3) is 3.90. The van der Waals surface area contributed by atoms with Crippen LogP contribution < -0.4 is 9.46 Å². The van der Waals surface area contributed by atoms with Gasteiger partial charge in [-0.1, -0.05) is 0 Å².